The Morgan fingerprint density at radius 1 is 1.11 bits per heavy atom. The van der Waals surface area contributed by atoms with Gasteiger partial charge in [0.15, 0.2) is 16.5 Å². The number of nitrogens with zero attached hydrogens (tertiary/aromatic N) is 5. The van der Waals surface area contributed by atoms with E-state index in [1.165, 1.54) is 6.07 Å². The number of carboxylic acid groups (broad SMARTS) is 1. The molecule has 0 saturated heterocycles. The highest BCUT2D eigenvalue weighted by molar-refractivity contribution is 7.90. The van der Waals surface area contributed by atoms with Gasteiger partial charge in [-0.1, -0.05) is 30.3 Å². The summed E-state index contributed by atoms with van der Waals surface area (Å²) in [6.07, 6.45) is 1.12. The second-order valence-electron chi connectivity index (χ2n) is 7.07. The number of aromatic carboxylic acids is 1. The van der Waals surface area contributed by atoms with Gasteiger partial charge in [-0.15, -0.1) is 14.3 Å². The molecule has 35 heavy (non-hydrogen) atoms. The van der Waals surface area contributed by atoms with Gasteiger partial charge in [-0.2, -0.15) is 26.3 Å². The molecule has 2 aromatic heterocycles. The van der Waals surface area contributed by atoms with Crippen molar-refractivity contribution in [1.82, 2.24) is 13.6 Å². The van der Waals surface area contributed by atoms with Gasteiger partial charge in [0.2, 0.25) is 0 Å². The number of carboxylic acids is 1. The number of hydrogen-bond donors (Lipinski definition) is 3. The molecule has 0 bridgehead atoms. The first-order valence-corrected chi connectivity index (χ1v) is 13.1. The second-order valence-corrected chi connectivity index (χ2v) is 11.0. The number of rotatable bonds is 5. The average Bonchev–Trinajstić information content (AvgIpc) is 3.43. The molecule has 0 fully saturated rings. The van der Waals surface area contributed by atoms with Gasteiger partial charge in [-0.05, 0) is 29.7 Å². The van der Waals surface area contributed by atoms with Gasteiger partial charge in [0, 0.05) is 5.56 Å². The van der Waals surface area contributed by atoms with Crippen LogP contribution in [-0.2, 0) is 20.1 Å². The van der Waals surface area contributed by atoms with Gasteiger partial charge in [-0.3, -0.25) is 4.55 Å². The van der Waals surface area contributed by atoms with Gasteiger partial charge >= 0.3 is 5.97 Å². The first kappa shape index (κ1) is 22.8. The summed E-state index contributed by atoms with van der Waals surface area (Å²) in [4.78, 5) is 10.3. The van der Waals surface area contributed by atoms with Crippen LogP contribution in [0.5, 0.6) is 0 Å². The molecule has 1 aliphatic heterocycles. The first-order valence-electron chi connectivity index (χ1n) is 9.49. The summed E-state index contributed by atoms with van der Waals surface area (Å²) in [5.74, 6) is -1.35. The Kier molecular flexibility index (Phi) is 5.24. The zero-order chi connectivity index (χ0) is 25.0. The lowest BCUT2D eigenvalue weighted by molar-refractivity contribution is 0.0698. The van der Waals surface area contributed by atoms with E-state index in [1.807, 2.05) is 0 Å². The number of fused-ring (bicyclic) bond motifs is 2. The molecule has 5 rings (SSSR count). The van der Waals surface area contributed by atoms with E-state index in [0.29, 0.717) is 9.65 Å². The fraction of sp³-hybridized carbons (Fsp3) is 0. The van der Waals surface area contributed by atoms with Crippen LogP contribution in [0.15, 0.2) is 74.7 Å². The van der Waals surface area contributed by atoms with E-state index in [-0.39, 0.29) is 33.5 Å². The quantitative estimate of drug-likeness (QED) is 0.222. The minimum atomic E-state index is -4.66. The Morgan fingerprint density at radius 2 is 1.86 bits per heavy atom. The highest BCUT2D eigenvalue weighted by Crippen LogP contribution is 2.45. The molecule has 0 amide bonds. The summed E-state index contributed by atoms with van der Waals surface area (Å²) in [5.41, 5.74) is 0.444. The molecule has 0 aliphatic carbocycles. The monoisotopic (exact) mass is 532 g/mol. The number of carbonyl (C=O) groups is 1. The standard InChI is InChI=1S/C19H12N6O7S3/c26-19(27)12-9-20-33-18(12)23-22-16-15(10-4-2-1-3-5-10)24-25-17(16)21-13-7-6-11(35(30,31)32)8-14(13)34(25,28)29/h1-9,21H,(H,26,27)(H,30,31,32). The molecular formula is C19H12N6O7S3. The minimum absolute atomic E-state index is 0.00554. The molecule has 0 unspecified atom stereocenters. The summed E-state index contributed by atoms with van der Waals surface area (Å²) in [5, 5.41) is 24.4. The SMILES string of the molecule is O=C(O)c1cnsc1N=Nc1c(-c2ccccc2)nn2c1Nc1ccc(S(=O)(=O)O)cc1S2(=O)=O. The number of aromatic nitrogens is 3. The molecule has 2 aromatic carbocycles. The fourth-order valence-corrected chi connectivity index (χ4v) is 5.88. The van der Waals surface area contributed by atoms with Crippen molar-refractivity contribution in [3.8, 4) is 11.3 Å². The Hall–Kier alpha value is -3.99. The minimum Gasteiger partial charge on any atom is -0.478 e. The van der Waals surface area contributed by atoms with Gasteiger partial charge in [0.1, 0.15) is 16.2 Å². The molecule has 1 aliphatic rings. The van der Waals surface area contributed by atoms with E-state index in [1.54, 1.807) is 30.3 Å². The summed E-state index contributed by atoms with van der Waals surface area (Å²) in [7, 11) is -9.09. The van der Waals surface area contributed by atoms with E-state index in [9.17, 15) is 31.3 Å². The van der Waals surface area contributed by atoms with Crippen LogP contribution in [0, 0.1) is 0 Å². The van der Waals surface area contributed by atoms with Gasteiger partial charge in [0.05, 0.1) is 16.8 Å². The van der Waals surface area contributed by atoms with Crippen molar-refractivity contribution in [3.63, 3.8) is 0 Å². The van der Waals surface area contributed by atoms with Crippen LogP contribution in [0.1, 0.15) is 10.4 Å². The number of hydrogen-bond acceptors (Lipinski definition) is 11. The van der Waals surface area contributed by atoms with Gasteiger partial charge < -0.3 is 10.4 Å². The van der Waals surface area contributed by atoms with Crippen molar-refractivity contribution < 1.29 is 31.3 Å². The van der Waals surface area contributed by atoms with E-state index in [2.05, 4.69) is 25.0 Å². The third-order valence-corrected chi connectivity index (χ3v) is 8.06. The van der Waals surface area contributed by atoms with E-state index in [4.69, 9.17) is 0 Å². The zero-order valence-corrected chi connectivity index (χ0v) is 19.5. The van der Waals surface area contributed by atoms with Gasteiger partial charge in [-0.25, -0.2) is 4.79 Å². The zero-order valence-electron chi connectivity index (χ0n) is 17.1. The molecule has 13 nitrogen and oxygen atoms in total. The molecule has 16 heteroatoms. The molecule has 4 aromatic rings. The predicted octanol–water partition coefficient (Wildman–Crippen LogP) is 3.66. The van der Waals surface area contributed by atoms with Crippen molar-refractivity contribution in [2.24, 2.45) is 10.2 Å². The second kappa shape index (κ2) is 8.05. The smallest absolute Gasteiger partial charge is 0.340 e. The lowest BCUT2D eigenvalue weighted by Gasteiger charge is -2.20. The van der Waals surface area contributed by atoms with Crippen molar-refractivity contribution in [3.05, 3.63) is 60.3 Å². The maximum Gasteiger partial charge on any atom is 0.340 e. The lowest BCUT2D eigenvalue weighted by Crippen LogP contribution is -2.23. The van der Waals surface area contributed by atoms with Crippen LogP contribution in [0.25, 0.3) is 11.3 Å². The van der Waals surface area contributed by atoms with Crippen LogP contribution >= 0.6 is 11.5 Å². The van der Waals surface area contributed by atoms with E-state index in [0.717, 1.165) is 29.9 Å². The number of azo groups is 1. The van der Waals surface area contributed by atoms with E-state index < -0.39 is 35.9 Å². The van der Waals surface area contributed by atoms with Crippen LogP contribution in [0.2, 0.25) is 0 Å². The number of nitrogens with one attached hydrogen (secondary N) is 1. The molecule has 0 saturated carbocycles. The Labute approximate surface area is 201 Å². The predicted molar refractivity (Wildman–Crippen MR) is 123 cm³/mol. The molecule has 3 N–H and O–H groups in total. The molecule has 3 heterocycles. The van der Waals surface area contributed by atoms with Crippen molar-refractivity contribution >= 4 is 59.8 Å². The Morgan fingerprint density at radius 3 is 2.54 bits per heavy atom. The van der Waals surface area contributed by atoms with Crippen LogP contribution in [-0.4, -0.2) is 46.0 Å². The molecular weight excluding hydrogens is 520 g/mol. The average molecular weight is 533 g/mol. The highest BCUT2D eigenvalue weighted by Gasteiger charge is 2.35. The normalized spacial score (nSPS) is 14.3. The maximum atomic E-state index is 13.4. The third-order valence-electron chi connectivity index (χ3n) is 4.91. The van der Waals surface area contributed by atoms with Crippen molar-refractivity contribution in [2.75, 3.05) is 5.32 Å². The van der Waals surface area contributed by atoms with Crippen LogP contribution in [0.4, 0.5) is 22.2 Å². The summed E-state index contributed by atoms with van der Waals surface area (Å²) >= 11 is 0.793. The summed E-state index contributed by atoms with van der Waals surface area (Å²) < 4.78 is 63.6. The highest BCUT2D eigenvalue weighted by atomic mass is 32.2. The first-order chi connectivity index (χ1) is 16.6. The Balaban J connectivity index is 1.72. The topological polar surface area (TPSA) is 193 Å². The number of anilines is 2. The number of benzene rings is 2. The van der Waals surface area contributed by atoms with E-state index >= 15 is 0 Å². The Bertz CT molecular complexity index is 1740. The van der Waals surface area contributed by atoms with Gasteiger partial charge in [0.25, 0.3) is 20.1 Å². The summed E-state index contributed by atoms with van der Waals surface area (Å²) in [6.45, 7) is 0. The van der Waals surface area contributed by atoms with Crippen molar-refractivity contribution in [2.45, 2.75) is 9.79 Å². The largest absolute Gasteiger partial charge is 0.478 e. The van der Waals surface area contributed by atoms with Crippen LogP contribution in [0.3, 0.4) is 0 Å². The lowest BCUT2D eigenvalue weighted by atomic mass is 10.1. The summed E-state index contributed by atoms with van der Waals surface area (Å²) in [6, 6.07) is 11.5. The molecule has 0 radical (unpaired) electrons. The molecule has 0 spiro atoms. The maximum absolute atomic E-state index is 13.4. The molecule has 0 atom stereocenters. The molecule has 178 valence electrons. The fourth-order valence-electron chi connectivity index (χ4n) is 3.31. The third kappa shape index (κ3) is 3.87. The van der Waals surface area contributed by atoms with Crippen LogP contribution < -0.4 is 5.32 Å². The van der Waals surface area contributed by atoms with Crippen molar-refractivity contribution in [1.29, 1.82) is 0 Å².